The van der Waals surface area contributed by atoms with Crippen LogP contribution in [0.15, 0.2) is 0 Å². The van der Waals surface area contributed by atoms with E-state index in [1.54, 1.807) is 0 Å². The number of ether oxygens (including phenoxy) is 1. The summed E-state index contributed by atoms with van der Waals surface area (Å²) in [5.74, 6) is -7.31. The van der Waals surface area contributed by atoms with E-state index in [0.29, 0.717) is 13.1 Å². The van der Waals surface area contributed by atoms with Crippen LogP contribution in [-0.4, -0.2) is 58.3 Å². The first-order valence-corrected chi connectivity index (χ1v) is 6.23. The van der Waals surface area contributed by atoms with Crippen LogP contribution in [0.25, 0.3) is 5.73 Å². The summed E-state index contributed by atoms with van der Waals surface area (Å²) in [4.78, 5) is 54.4. The topological polar surface area (TPSA) is 205 Å². The van der Waals surface area contributed by atoms with E-state index in [-0.39, 0.29) is 98.5 Å². The monoisotopic (exact) mass is 502 g/mol. The van der Waals surface area contributed by atoms with Gasteiger partial charge in [-0.1, -0.05) is 0 Å². The van der Waals surface area contributed by atoms with E-state index in [9.17, 15) is 24.0 Å². The second-order valence-electron chi connectivity index (χ2n) is 4.41. The van der Waals surface area contributed by atoms with E-state index in [2.05, 4.69) is 4.74 Å². The van der Waals surface area contributed by atoms with Crippen molar-refractivity contribution < 1.29 is 143 Å². The second kappa shape index (κ2) is 22.9. The molecule has 0 aliphatic heterocycles. The van der Waals surface area contributed by atoms with Crippen molar-refractivity contribution in [3.05, 3.63) is 5.73 Å². The van der Waals surface area contributed by atoms with Crippen molar-refractivity contribution in [2.45, 2.75) is 26.2 Å². The Morgan fingerprint density at radius 1 is 0.963 bits per heavy atom. The van der Waals surface area contributed by atoms with Crippen molar-refractivity contribution in [3.8, 4) is 0 Å². The maximum atomic E-state index is 11.6. The van der Waals surface area contributed by atoms with E-state index in [1.807, 2.05) is 0 Å². The molecule has 11 nitrogen and oxygen atoms in total. The van der Waals surface area contributed by atoms with Crippen LogP contribution in [0.3, 0.4) is 0 Å². The van der Waals surface area contributed by atoms with Crippen molar-refractivity contribution >= 4 is 29.8 Å². The number of nitrogens with two attached hydrogens (primary N) is 1. The van der Waals surface area contributed by atoms with Gasteiger partial charge < -0.3 is 34.4 Å². The van der Waals surface area contributed by atoms with Crippen LogP contribution in [0, 0.1) is 5.41 Å². The van der Waals surface area contributed by atoms with Crippen LogP contribution in [0.2, 0.25) is 0 Å². The van der Waals surface area contributed by atoms with Gasteiger partial charge in [-0.05, 0) is 6.54 Å². The van der Waals surface area contributed by atoms with Crippen molar-refractivity contribution in [1.29, 1.82) is 0 Å². The largest absolute Gasteiger partial charge is 1.00 e. The van der Waals surface area contributed by atoms with Crippen molar-refractivity contribution in [2.75, 3.05) is 13.1 Å². The Hall–Kier alpha value is 0.613. The predicted octanol–water partition coefficient (Wildman–Crippen LogP) is -6.29. The molecule has 6 N–H and O–H groups in total. The Morgan fingerprint density at radius 2 is 1.22 bits per heavy atom. The number of hydrogen-bond donors (Lipinski definition) is 4. The quantitative estimate of drug-likeness (QED) is 0.140. The molecule has 0 aromatic carbocycles. The molecule has 0 rings (SSSR count). The normalized spacial score (nSPS) is 8.56. The Bertz CT molecular complexity index is 451. The van der Waals surface area contributed by atoms with E-state index in [1.165, 1.54) is 0 Å². The van der Waals surface area contributed by atoms with E-state index < -0.39 is 54.5 Å². The summed E-state index contributed by atoms with van der Waals surface area (Å²) in [6.45, 7) is 1.69. The number of carbonyl (C=O) groups excluding carboxylic acids is 2. The summed E-state index contributed by atoms with van der Waals surface area (Å²) in [7, 11) is 0. The van der Waals surface area contributed by atoms with Gasteiger partial charge in [0.15, 0.2) is 0 Å². The number of carboxylic acids is 3. The van der Waals surface area contributed by atoms with E-state index in [4.69, 9.17) is 26.8 Å². The molecule has 15 heteroatoms. The maximum absolute atomic E-state index is 11.6. The molecule has 0 saturated heterocycles. The Morgan fingerprint density at radius 3 is 1.37 bits per heavy atom. The molecule has 1 radical (unpaired) electrons. The van der Waals surface area contributed by atoms with Gasteiger partial charge in [0.05, 0.1) is 24.7 Å². The molecule has 0 atom stereocenters. The number of carbonyl (C=O) groups is 5. The fraction of sp³-hybridized carbons (Fsp3) is 0.583. The van der Waals surface area contributed by atoms with Gasteiger partial charge >= 0.3 is 89.0 Å². The van der Waals surface area contributed by atoms with Crippen LogP contribution >= 0.6 is 0 Å². The van der Waals surface area contributed by atoms with E-state index >= 15 is 0 Å². The molecule has 0 fully saturated rings. The molecule has 145 valence electrons. The third kappa shape index (κ3) is 22.8. The minimum atomic E-state index is -2.32. The summed E-state index contributed by atoms with van der Waals surface area (Å²) >= 11 is 0. The van der Waals surface area contributed by atoms with Crippen molar-refractivity contribution in [2.24, 2.45) is 11.1 Å². The molecule has 0 saturated carbocycles. The maximum Gasteiger partial charge on any atom is 1.00 e. The fourth-order valence-electron chi connectivity index (χ4n) is 1.51. The molecule has 27 heavy (non-hydrogen) atoms. The number of nitrogens with one attached hydrogen (secondary N) is 1. The van der Waals surface area contributed by atoms with Crippen LogP contribution in [-0.2, 0) is 65.3 Å². The molecular weight excluding hydrogens is 482 g/mol. The molecular formula is C12H21MnN2Na2O9Zn-. The second-order valence-corrected chi connectivity index (χ2v) is 4.41. The summed E-state index contributed by atoms with van der Waals surface area (Å²) in [5, 5.41) is 26.0. The van der Waals surface area contributed by atoms with Gasteiger partial charge in [-0.3, -0.25) is 24.0 Å². The average Bonchev–Trinajstić information content (AvgIpc) is 2.35. The minimum Gasteiger partial charge on any atom is -1.00 e. The minimum absolute atomic E-state index is 0. The number of carboxylic acid groups (broad SMARTS) is 3. The first-order valence-electron chi connectivity index (χ1n) is 6.23. The Labute approximate surface area is 226 Å². The number of hydrogen-bond acceptors (Lipinski definition) is 7. The summed E-state index contributed by atoms with van der Waals surface area (Å²) in [5.41, 5.74) is 8.84. The zero-order valence-electron chi connectivity index (χ0n) is 17.5. The van der Waals surface area contributed by atoms with Crippen LogP contribution < -0.4 is 64.8 Å². The molecule has 0 unspecified atom stereocenters. The number of aliphatic carboxylic acids is 3. The molecule has 0 aromatic heterocycles. The standard InChI is InChI=1S/C10H12O9.C2H7N2.Mn.2Na.Zn.2H/c1-5(11)19-9(18)10(2-6(12)13,3-7(14)15)4-8(16)17;3-1-2-4;;;;;;/h2-4H2,1H3,(H,12,13)(H,14,15)(H,16,17);3H,1-2,4H2;;;;;;/q;-1;;2*+1;;2*-1. The summed E-state index contributed by atoms with van der Waals surface area (Å²) in [6, 6.07) is 0. The first kappa shape index (κ1) is 41.9. The van der Waals surface area contributed by atoms with Crippen molar-refractivity contribution in [3.63, 3.8) is 0 Å². The van der Waals surface area contributed by atoms with Crippen LogP contribution in [0.4, 0.5) is 0 Å². The molecule has 0 aromatic rings. The van der Waals surface area contributed by atoms with Crippen LogP contribution in [0.1, 0.15) is 29.0 Å². The molecule has 0 aliphatic carbocycles. The molecule has 0 aliphatic rings. The number of rotatable bonds is 8. The van der Waals surface area contributed by atoms with Gasteiger partial charge in [-0.15, -0.1) is 6.54 Å². The van der Waals surface area contributed by atoms with Crippen LogP contribution in [0.5, 0.6) is 0 Å². The zero-order chi connectivity index (χ0) is 18.6. The average molecular weight is 504 g/mol. The van der Waals surface area contributed by atoms with Gasteiger partial charge in [-0.25, -0.2) is 0 Å². The zero-order valence-corrected chi connectivity index (χ0v) is 23.6. The first-order chi connectivity index (χ1) is 10.5. The summed E-state index contributed by atoms with van der Waals surface area (Å²) < 4.78 is 4.15. The van der Waals surface area contributed by atoms with E-state index in [0.717, 1.165) is 6.92 Å². The van der Waals surface area contributed by atoms with Crippen molar-refractivity contribution in [1.82, 2.24) is 0 Å². The van der Waals surface area contributed by atoms with Gasteiger partial charge in [0.25, 0.3) is 0 Å². The summed E-state index contributed by atoms with van der Waals surface area (Å²) in [6.07, 6.45) is -3.22. The third-order valence-electron chi connectivity index (χ3n) is 2.28. The van der Waals surface area contributed by atoms with Gasteiger partial charge in [0, 0.05) is 43.5 Å². The van der Waals surface area contributed by atoms with Gasteiger partial charge in [0.2, 0.25) is 0 Å². The molecule has 0 bridgehead atoms. The Balaban J connectivity index is -0.0000000672. The number of esters is 2. The molecule has 0 amide bonds. The molecule has 0 heterocycles. The molecule has 0 spiro atoms. The Kier molecular flexibility index (Phi) is 35.5. The predicted molar refractivity (Wildman–Crippen MR) is 76.4 cm³/mol. The fourth-order valence-corrected chi connectivity index (χ4v) is 1.51. The smallest absolute Gasteiger partial charge is 1.00 e. The van der Waals surface area contributed by atoms with Gasteiger partial charge in [0.1, 0.15) is 0 Å². The van der Waals surface area contributed by atoms with Gasteiger partial charge in [-0.2, -0.15) is 0 Å². The SMILES string of the molecule is CC(=O)OC(=O)C(CC(=O)O)(CC(=O)O)CC(=O)O.[H-].[H-].[Mn].[NH-]CCN.[Na+].[Na+].[Zn]. The third-order valence-corrected chi connectivity index (χ3v) is 2.28.